The number of H-pyrrole nitrogens is 1. The first-order chi connectivity index (χ1) is 9.74. The van der Waals surface area contributed by atoms with E-state index in [1.165, 1.54) is 5.56 Å². The zero-order chi connectivity index (χ0) is 13.9. The second-order valence-corrected chi connectivity index (χ2v) is 6.41. The molecule has 0 amide bonds. The lowest BCUT2D eigenvalue weighted by Crippen LogP contribution is -1.94. The maximum atomic E-state index is 4.56. The third kappa shape index (κ3) is 2.94. The van der Waals surface area contributed by atoms with Crippen molar-refractivity contribution >= 4 is 39.3 Å². The number of anilines is 1. The number of hydrogen-bond acceptors (Lipinski definition) is 6. The quantitative estimate of drug-likeness (QED) is 0.707. The van der Waals surface area contributed by atoms with Crippen LogP contribution in [-0.2, 0) is 5.75 Å². The number of thioether (sulfide) groups is 1. The minimum Gasteiger partial charge on any atom is -0.360 e. The average molecular weight is 305 g/mol. The summed E-state index contributed by atoms with van der Waals surface area (Å²) in [4.78, 5) is 7.89. The van der Waals surface area contributed by atoms with Crippen molar-refractivity contribution in [2.75, 3.05) is 11.9 Å². The largest absolute Gasteiger partial charge is 0.360 e. The van der Waals surface area contributed by atoms with E-state index < -0.39 is 0 Å². The number of aromatic amines is 1. The van der Waals surface area contributed by atoms with Gasteiger partial charge in [-0.3, -0.25) is 0 Å². The molecule has 0 radical (unpaired) electrons. The van der Waals surface area contributed by atoms with E-state index in [1.807, 2.05) is 13.0 Å². The van der Waals surface area contributed by atoms with Crippen LogP contribution in [0.2, 0.25) is 0 Å². The van der Waals surface area contributed by atoms with Gasteiger partial charge in [-0.2, -0.15) is 0 Å². The van der Waals surface area contributed by atoms with Crippen LogP contribution in [0.4, 0.5) is 5.13 Å². The predicted molar refractivity (Wildman–Crippen MR) is 84.5 cm³/mol. The van der Waals surface area contributed by atoms with Gasteiger partial charge < -0.3 is 10.3 Å². The Balaban J connectivity index is 1.69. The van der Waals surface area contributed by atoms with Crippen LogP contribution in [-0.4, -0.2) is 26.7 Å². The average Bonchev–Trinajstić information content (AvgIpc) is 3.02. The SMILES string of the molecule is CCNc1nnc(CSc2nc3ccc(C)cc3[nH]2)s1. The number of fused-ring (bicyclic) bond motifs is 1. The summed E-state index contributed by atoms with van der Waals surface area (Å²) in [6.07, 6.45) is 0. The molecule has 0 aliphatic carbocycles. The third-order valence-electron chi connectivity index (χ3n) is 2.74. The summed E-state index contributed by atoms with van der Waals surface area (Å²) in [5.74, 6) is 0.780. The monoisotopic (exact) mass is 305 g/mol. The van der Waals surface area contributed by atoms with E-state index in [9.17, 15) is 0 Å². The highest BCUT2D eigenvalue weighted by molar-refractivity contribution is 7.98. The first-order valence-corrected chi connectivity index (χ1v) is 8.20. The van der Waals surface area contributed by atoms with Gasteiger partial charge >= 0.3 is 0 Å². The minimum absolute atomic E-state index is 0.780. The number of rotatable bonds is 5. The molecule has 0 unspecified atom stereocenters. The molecule has 7 heteroatoms. The van der Waals surface area contributed by atoms with E-state index in [2.05, 4.69) is 44.5 Å². The van der Waals surface area contributed by atoms with Gasteiger partial charge in [0.15, 0.2) is 5.16 Å². The topological polar surface area (TPSA) is 66.5 Å². The zero-order valence-electron chi connectivity index (χ0n) is 11.3. The van der Waals surface area contributed by atoms with Gasteiger partial charge in [0.2, 0.25) is 5.13 Å². The fourth-order valence-electron chi connectivity index (χ4n) is 1.83. The molecule has 0 saturated heterocycles. The molecule has 2 N–H and O–H groups in total. The Bertz CT molecular complexity index is 718. The number of imidazole rings is 1. The van der Waals surface area contributed by atoms with E-state index in [4.69, 9.17) is 0 Å². The number of aromatic nitrogens is 4. The molecular weight excluding hydrogens is 290 g/mol. The van der Waals surface area contributed by atoms with Crippen LogP contribution in [0, 0.1) is 6.92 Å². The Kier molecular flexibility index (Phi) is 3.88. The van der Waals surface area contributed by atoms with E-state index in [1.54, 1.807) is 23.1 Å². The minimum atomic E-state index is 0.780. The summed E-state index contributed by atoms with van der Waals surface area (Å²) >= 11 is 3.24. The van der Waals surface area contributed by atoms with E-state index in [-0.39, 0.29) is 0 Å². The van der Waals surface area contributed by atoms with Gasteiger partial charge in [0.25, 0.3) is 0 Å². The number of aryl methyl sites for hydroxylation is 1. The van der Waals surface area contributed by atoms with E-state index in [0.29, 0.717) is 0 Å². The molecule has 0 saturated carbocycles. The summed E-state index contributed by atoms with van der Waals surface area (Å²) in [5, 5.41) is 14.2. The van der Waals surface area contributed by atoms with Crippen LogP contribution in [0.25, 0.3) is 11.0 Å². The number of hydrogen-bond donors (Lipinski definition) is 2. The fraction of sp³-hybridized carbons (Fsp3) is 0.308. The molecule has 3 rings (SSSR count). The third-order valence-corrected chi connectivity index (χ3v) is 4.69. The first kappa shape index (κ1) is 13.4. The molecule has 0 aliphatic rings. The molecule has 0 aliphatic heterocycles. The van der Waals surface area contributed by atoms with Crippen molar-refractivity contribution in [2.24, 2.45) is 0 Å². The summed E-state index contributed by atoms with van der Waals surface area (Å²) < 4.78 is 0. The smallest absolute Gasteiger partial charge is 0.205 e. The Morgan fingerprint density at radius 2 is 2.25 bits per heavy atom. The highest BCUT2D eigenvalue weighted by Gasteiger charge is 2.07. The van der Waals surface area contributed by atoms with E-state index >= 15 is 0 Å². The molecular formula is C13H15N5S2. The molecule has 20 heavy (non-hydrogen) atoms. The molecule has 2 heterocycles. The van der Waals surface area contributed by atoms with Gasteiger partial charge in [0.05, 0.1) is 16.8 Å². The summed E-state index contributed by atoms with van der Waals surface area (Å²) in [7, 11) is 0. The summed E-state index contributed by atoms with van der Waals surface area (Å²) in [5.41, 5.74) is 3.32. The molecule has 1 aromatic carbocycles. The van der Waals surface area contributed by atoms with Crippen LogP contribution < -0.4 is 5.32 Å². The Labute approximate surface area is 125 Å². The molecule has 5 nitrogen and oxygen atoms in total. The van der Waals surface area contributed by atoms with Gasteiger partial charge in [0.1, 0.15) is 5.01 Å². The van der Waals surface area contributed by atoms with Gasteiger partial charge in [-0.05, 0) is 31.5 Å². The highest BCUT2D eigenvalue weighted by atomic mass is 32.2. The second kappa shape index (κ2) is 5.80. The lowest BCUT2D eigenvalue weighted by Gasteiger charge is -1.93. The molecule has 0 bridgehead atoms. The van der Waals surface area contributed by atoms with E-state index in [0.717, 1.165) is 38.6 Å². The Hall–Kier alpha value is -1.60. The molecule has 104 valence electrons. The lowest BCUT2D eigenvalue weighted by atomic mass is 10.2. The van der Waals surface area contributed by atoms with Crippen molar-refractivity contribution in [1.29, 1.82) is 0 Å². The highest BCUT2D eigenvalue weighted by Crippen LogP contribution is 2.26. The van der Waals surface area contributed by atoms with Crippen LogP contribution in [0.3, 0.4) is 0 Å². The van der Waals surface area contributed by atoms with Gasteiger partial charge in [-0.1, -0.05) is 29.2 Å². The second-order valence-electron chi connectivity index (χ2n) is 4.38. The molecule has 3 aromatic rings. The van der Waals surface area contributed by atoms with Crippen molar-refractivity contribution in [1.82, 2.24) is 20.2 Å². The van der Waals surface area contributed by atoms with Gasteiger partial charge in [-0.15, -0.1) is 10.2 Å². The molecule has 0 atom stereocenters. The van der Waals surface area contributed by atoms with Crippen molar-refractivity contribution in [3.8, 4) is 0 Å². The van der Waals surface area contributed by atoms with Gasteiger partial charge in [-0.25, -0.2) is 4.98 Å². The molecule has 0 spiro atoms. The standard InChI is InChI=1S/C13H15N5S2/c1-3-14-12-18-17-11(20-12)7-19-13-15-9-5-4-8(2)6-10(9)16-13/h4-6H,3,7H2,1-2H3,(H,14,18)(H,15,16). The van der Waals surface area contributed by atoms with Crippen molar-refractivity contribution < 1.29 is 0 Å². The van der Waals surface area contributed by atoms with Gasteiger partial charge in [0, 0.05) is 6.54 Å². The Morgan fingerprint density at radius 3 is 3.10 bits per heavy atom. The van der Waals surface area contributed by atoms with Crippen molar-refractivity contribution in [2.45, 2.75) is 24.8 Å². The normalized spacial score (nSPS) is 11.1. The predicted octanol–water partition coefficient (Wildman–Crippen LogP) is 3.45. The summed E-state index contributed by atoms with van der Waals surface area (Å²) in [6, 6.07) is 6.23. The van der Waals surface area contributed by atoms with Crippen LogP contribution in [0.1, 0.15) is 17.5 Å². The van der Waals surface area contributed by atoms with Crippen LogP contribution >= 0.6 is 23.1 Å². The maximum Gasteiger partial charge on any atom is 0.205 e. The maximum absolute atomic E-state index is 4.56. The number of nitrogens with one attached hydrogen (secondary N) is 2. The summed E-state index contributed by atoms with van der Waals surface area (Å²) in [6.45, 7) is 4.99. The lowest BCUT2D eigenvalue weighted by molar-refractivity contribution is 1.02. The van der Waals surface area contributed by atoms with Crippen LogP contribution in [0.5, 0.6) is 0 Å². The number of benzene rings is 1. The first-order valence-electron chi connectivity index (χ1n) is 6.40. The molecule has 2 aromatic heterocycles. The molecule has 0 fully saturated rings. The fourth-order valence-corrected chi connectivity index (χ4v) is 3.51. The number of nitrogens with zero attached hydrogens (tertiary/aromatic N) is 3. The van der Waals surface area contributed by atoms with Crippen LogP contribution in [0.15, 0.2) is 23.4 Å². The zero-order valence-corrected chi connectivity index (χ0v) is 12.9. The van der Waals surface area contributed by atoms with Crippen molar-refractivity contribution in [3.63, 3.8) is 0 Å². The Morgan fingerprint density at radius 1 is 1.35 bits per heavy atom. The van der Waals surface area contributed by atoms with Crippen molar-refractivity contribution in [3.05, 3.63) is 28.8 Å².